The number of nitrogens with zero attached hydrogens (tertiary/aromatic N) is 1. The number of alkyl halides is 3. The highest BCUT2D eigenvalue weighted by molar-refractivity contribution is 5.95. The molecule has 3 aliphatic rings. The van der Waals surface area contributed by atoms with Crippen molar-refractivity contribution in [3.8, 4) is 0 Å². The molecule has 0 spiro atoms. The number of aromatic nitrogens is 1. The van der Waals surface area contributed by atoms with Crippen LogP contribution in [0.3, 0.4) is 0 Å². The van der Waals surface area contributed by atoms with Crippen molar-refractivity contribution < 1.29 is 27.2 Å². The van der Waals surface area contributed by atoms with Gasteiger partial charge < -0.3 is 10.6 Å². The maximum absolute atomic E-state index is 13.0. The Balaban J connectivity index is 1.32. The Bertz CT molecular complexity index is 967. The maximum Gasteiger partial charge on any atom is 0.433 e. The molecule has 9 heteroatoms. The molecule has 1 heterocycles. The number of anilines is 1. The monoisotopic (exact) mass is 421 g/mol. The van der Waals surface area contributed by atoms with Gasteiger partial charge in [0.15, 0.2) is 0 Å². The lowest BCUT2D eigenvalue weighted by Crippen LogP contribution is -2.77. The summed E-state index contributed by atoms with van der Waals surface area (Å²) in [6.45, 7) is 1.82. The Hall–Kier alpha value is -2.97. The third kappa shape index (κ3) is 3.53. The highest BCUT2D eigenvalue weighted by atomic mass is 19.4. The zero-order valence-electron chi connectivity index (χ0n) is 16.0. The molecule has 0 unspecified atom stereocenters. The Kier molecular flexibility index (Phi) is 4.59. The van der Waals surface area contributed by atoms with E-state index in [4.69, 9.17) is 0 Å². The fraction of sp³-hybridized carbons (Fsp3) is 0.381. The highest BCUT2D eigenvalue weighted by Crippen LogP contribution is 2.70. The van der Waals surface area contributed by atoms with Gasteiger partial charge in [-0.1, -0.05) is 6.92 Å². The summed E-state index contributed by atoms with van der Waals surface area (Å²) in [5.74, 6) is -1.34. The van der Waals surface area contributed by atoms with Crippen molar-refractivity contribution in [3.63, 3.8) is 0 Å². The number of halogens is 4. The van der Waals surface area contributed by atoms with E-state index in [0.717, 1.165) is 18.3 Å². The van der Waals surface area contributed by atoms with E-state index >= 15 is 0 Å². The number of benzene rings is 1. The predicted molar refractivity (Wildman–Crippen MR) is 99.9 cm³/mol. The Morgan fingerprint density at radius 2 is 1.70 bits per heavy atom. The number of hydrogen-bond donors (Lipinski definition) is 2. The third-order valence-corrected chi connectivity index (χ3v) is 6.19. The van der Waals surface area contributed by atoms with Crippen LogP contribution in [0.15, 0.2) is 42.6 Å². The molecule has 3 aliphatic carbocycles. The van der Waals surface area contributed by atoms with Gasteiger partial charge in [0.05, 0.1) is 5.56 Å². The van der Waals surface area contributed by atoms with Gasteiger partial charge in [-0.3, -0.25) is 14.6 Å². The van der Waals surface area contributed by atoms with Crippen LogP contribution in [0.1, 0.15) is 42.2 Å². The predicted octanol–water partition coefficient (Wildman–Crippen LogP) is 4.17. The quantitative estimate of drug-likeness (QED) is 0.712. The van der Waals surface area contributed by atoms with Crippen LogP contribution in [-0.2, 0) is 11.0 Å². The minimum atomic E-state index is -4.56. The van der Waals surface area contributed by atoms with E-state index in [1.54, 1.807) is 0 Å². The molecule has 158 valence electrons. The van der Waals surface area contributed by atoms with Crippen LogP contribution in [-0.4, -0.2) is 22.3 Å². The summed E-state index contributed by atoms with van der Waals surface area (Å²) in [6.07, 6.45) is -1.77. The smallest absolute Gasteiger partial charge is 0.346 e. The van der Waals surface area contributed by atoms with E-state index in [9.17, 15) is 27.2 Å². The molecule has 1 aromatic heterocycles. The average molecular weight is 421 g/mol. The van der Waals surface area contributed by atoms with Gasteiger partial charge in [-0.2, -0.15) is 13.2 Å². The summed E-state index contributed by atoms with van der Waals surface area (Å²) in [7, 11) is 0. The van der Waals surface area contributed by atoms with Gasteiger partial charge >= 0.3 is 6.18 Å². The van der Waals surface area contributed by atoms with E-state index < -0.39 is 23.3 Å². The second-order valence-corrected chi connectivity index (χ2v) is 8.27. The first kappa shape index (κ1) is 20.3. The van der Waals surface area contributed by atoms with Crippen molar-refractivity contribution in [2.45, 2.75) is 37.9 Å². The molecule has 2 aromatic rings. The van der Waals surface area contributed by atoms with Crippen molar-refractivity contribution in [2.75, 3.05) is 5.32 Å². The number of rotatable bonds is 5. The van der Waals surface area contributed by atoms with Crippen molar-refractivity contribution >= 4 is 17.5 Å². The first-order valence-electron chi connectivity index (χ1n) is 9.44. The molecule has 2 N–H and O–H groups in total. The minimum Gasteiger partial charge on any atom is -0.346 e. The average Bonchev–Trinajstić information content (AvgIpc) is 2.64. The Morgan fingerprint density at radius 1 is 1.07 bits per heavy atom. The van der Waals surface area contributed by atoms with Crippen LogP contribution in [0.5, 0.6) is 0 Å². The normalized spacial score (nSPS) is 25.5. The molecule has 3 saturated carbocycles. The van der Waals surface area contributed by atoms with Crippen LogP contribution < -0.4 is 10.6 Å². The molecule has 1 aromatic carbocycles. The lowest BCUT2D eigenvalue weighted by Gasteiger charge is -2.72. The van der Waals surface area contributed by atoms with E-state index in [-0.39, 0.29) is 28.6 Å². The summed E-state index contributed by atoms with van der Waals surface area (Å²) in [5, 5.41) is 5.65. The number of pyridine rings is 1. The van der Waals surface area contributed by atoms with Crippen LogP contribution >= 0.6 is 0 Å². The molecule has 1 atom stereocenters. The largest absolute Gasteiger partial charge is 0.433 e. The van der Waals surface area contributed by atoms with Crippen LogP contribution in [0, 0.1) is 17.2 Å². The Labute approximate surface area is 169 Å². The summed E-state index contributed by atoms with van der Waals surface area (Å²) in [5.41, 5.74) is -1.12. The molecular formula is C21H19F4N3O2. The van der Waals surface area contributed by atoms with E-state index in [0.29, 0.717) is 24.9 Å². The lowest BCUT2D eigenvalue weighted by atomic mass is 9.36. The van der Waals surface area contributed by atoms with Crippen LogP contribution in [0.2, 0.25) is 0 Å². The lowest BCUT2D eigenvalue weighted by molar-refractivity contribution is -0.184. The van der Waals surface area contributed by atoms with Crippen LogP contribution in [0.4, 0.5) is 23.2 Å². The number of hydrogen-bond acceptors (Lipinski definition) is 3. The van der Waals surface area contributed by atoms with Gasteiger partial charge in [-0.15, -0.1) is 0 Å². The number of amides is 2. The van der Waals surface area contributed by atoms with Crippen molar-refractivity contribution in [2.24, 2.45) is 11.3 Å². The number of nitrogens with one attached hydrogen (secondary N) is 2. The zero-order chi connectivity index (χ0) is 21.7. The van der Waals surface area contributed by atoms with Gasteiger partial charge in [0.1, 0.15) is 11.5 Å². The topological polar surface area (TPSA) is 71.1 Å². The molecule has 5 rings (SSSR count). The third-order valence-electron chi connectivity index (χ3n) is 6.19. The summed E-state index contributed by atoms with van der Waals surface area (Å²) < 4.78 is 50.7. The van der Waals surface area contributed by atoms with Crippen molar-refractivity contribution in [1.82, 2.24) is 10.3 Å². The van der Waals surface area contributed by atoms with Gasteiger partial charge in [0, 0.05) is 23.3 Å². The fourth-order valence-corrected chi connectivity index (χ4v) is 4.53. The molecule has 0 saturated heterocycles. The second-order valence-electron chi connectivity index (χ2n) is 8.27. The second kappa shape index (κ2) is 6.78. The van der Waals surface area contributed by atoms with Crippen molar-refractivity contribution in [3.05, 3.63) is 59.7 Å². The Morgan fingerprint density at radius 3 is 2.23 bits per heavy atom. The SMILES string of the molecule is C[C@H](C(=O)Nc1ccc(F)cc1)C12CC(NC(=O)c3ccc(C(F)(F)F)nc3)(C1)C2. The van der Waals surface area contributed by atoms with E-state index in [1.165, 1.54) is 24.3 Å². The fourth-order valence-electron chi connectivity index (χ4n) is 4.53. The van der Waals surface area contributed by atoms with Crippen LogP contribution in [0.25, 0.3) is 0 Å². The molecule has 5 nitrogen and oxygen atoms in total. The minimum absolute atomic E-state index is 0.0591. The zero-order valence-corrected chi connectivity index (χ0v) is 16.0. The first-order chi connectivity index (χ1) is 14.0. The highest BCUT2D eigenvalue weighted by Gasteiger charge is 2.71. The summed E-state index contributed by atoms with van der Waals surface area (Å²) in [4.78, 5) is 28.2. The van der Waals surface area contributed by atoms with E-state index in [2.05, 4.69) is 15.6 Å². The molecule has 30 heavy (non-hydrogen) atoms. The molecular weight excluding hydrogens is 402 g/mol. The van der Waals surface area contributed by atoms with E-state index in [1.807, 2.05) is 6.92 Å². The number of carbonyl (C=O) groups is 2. The number of carbonyl (C=O) groups excluding carboxylic acids is 2. The summed E-state index contributed by atoms with van der Waals surface area (Å²) in [6, 6.07) is 7.39. The van der Waals surface area contributed by atoms with Gasteiger partial charge in [0.2, 0.25) is 5.91 Å². The first-order valence-corrected chi connectivity index (χ1v) is 9.44. The maximum atomic E-state index is 13.0. The molecule has 0 radical (unpaired) electrons. The summed E-state index contributed by atoms with van der Waals surface area (Å²) >= 11 is 0. The van der Waals surface area contributed by atoms with Gasteiger partial charge in [-0.25, -0.2) is 4.39 Å². The standard InChI is InChI=1S/C21H19F4N3O2/c1-12(17(29)27-15-5-3-14(22)4-6-15)19-9-20(10-19,11-19)28-18(30)13-2-7-16(26-8-13)21(23,24)25/h2-8,12H,9-11H2,1H3,(H,27,29)(H,28,30)/t12-,19?,20?/m1/s1. The molecule has 2 amide bonds. The van der Waals surface area contributed by atoms with Gasteiger partial charge in [-0.05, 0) is 61.1 Å². The molecule has 0 aliphatic heterocycles. The van der Waals surface area contributed by atoms with Gasteiger partial charge in [0.25, 0.3) is 5.91 Å². The molecule has 2 bridgehead atoms. The van der Waals surface area contributed by atoms with Crippen molar-refractivity contribution in [1.29, 1.82) is 0 Å². The molecule has 3 fully saturated rings.